The molecule has 1 rings (SSSR count). The fourth-order valence-electron chi connectivity index (χ4n) is 2.05. The first-order valence-electron chi connectivity index (χ1n) is 6.56. The van der Waals surface area contributed by atoms with Crippen LogP contribution in [0.1, 0.15) is 32.6 Å². The molecule has 1 fully saturated rings. The molecule has 0 aromatic carbocycles. The quantitative estimate of drug-likeness (QED) is 0.639. The van der Waals surface area contributed by atoms with Crippen LogP contribution in [-0.2, 0) is 19.9 Å². The summed E-state index contributed by atoms with van der Waals surface area (Å²) < 4.78 is 48.9. The van der Waals surface area contributed by atoms with E-state index >= 15 is 0 Å². The third kappa shape index (κ3) is 5.76. The van der Waals surface area contributed by atoms with E-state index in [1.54, 1.807) is 0 Å². The Morgan fingerprint density at radius 1 is 1.32 bits per heavy atom. The highest BCUT2D eigenvalue weighted by atomic mass is 32.2. The highest BCUT2D eigenvalue weighted by molar-refractivity contribution is 7.92. The molecule has 19 heavy (non-hydrogen) atoms. The Hall–Kier alpha value is -0.180. The van der Waals surface area contributed by atoms with Crippen LogP contribution in [0.3, 0.4) is 0 Å². The maximum atomic E-state index is 12.0. The van der Waals surface area contributed by atoms with Crippen LogP contribution in [0.4, 0.5) is 0 Å². The van der Waals surface area contributed by atoms with Gasteiger partial charge in [-0.15, -0.1) is 0 Å². The predicted octanol–water partition coefficient (Wildman–Crippen LogP) is -0.108. The molecule has 1 heterocycles. The lowest BCUT2D eigenvalue weighted by Gasteiger charge is -2.22. The zero-order valence-corrected chi connectivity index (χ0v) is 12.8. The second-order valence-corrected chi connectivity index (χ2v) is 9.57. The second kappa shape index (κ2) is 7.01. The van der Waals surface area contributed by atoms with E-state index in [0.29, 0.717) is 13.0 Å². The van der Waals surface area contributed by atoms with Crippen molar-refractivity contribution in [2.24, 2.45) is 5.92 Å². The molecule has 114 valence electrons. The zero-order valence-electron chi connectivity index (χ0n) is 11.2. The summed E-state index contributed by atoms with van der Waals surface area (Å²) in [4.78, 5) is 0. The van der Waals surface area contributed by atoms with E-state index in [0.717, 1.165) is 6.42 Å². The van der Waals surface area contributed by atoms with Crippen molar-refractivity contribution in [3.8, 4) is 0 Å². The minimum Gasteiger partial charge on any atom is -0.396 e. The van der Waals surface area contributed by atoms with Crippen LogP contribution in [0, 0.1) is 5.92 Å². The highest BCUT2D eigenvalue weighted by Gasteiger charge is 2.32. The zero-order chi connectivity index (χ0) is 14.5. The normalized spacial score (nSPS) is 22.2. The van der Waals surface area contributed by atoms with E-state index in [1.165, 1.54) is 0 Å². The number of hydrogen-bond donors (Lipinski definition) is 2. The highest BCUT2D eigenvalue weighted by Crippen LogP contribution is 2.18. The van der Waals surface area contributed by atoms with Crippen LogP contribution in [0.2, 0.25) is 0 Å². The number of sulfonamides is 1. The lowest BCUT2D eigenvalue weighted by Crippen LogP contribution is -2.40. The number of rotatable bonds is 7. The molecule has 1 unspecified atom stereocenters. The van der Waals surface area contributed by atoms with Crippen LogP contribution in [0.15, 0.2) is 0 Å². The molecule has 0 spiro atoms. The summed E-state index contributed by atoms with van der Waals surface area (Å²) in [6, 6.07) is 0. The van der Waals surface area contributed by atoms with Crippen LogP contribution in [0.5, 0.6) is 0 Å². The van der Waals surface area contributed by atoms with Gasteiger partial charge in [0.25, 0.3) is 0 Å². The summed E-state index contributed by atoms with van der Waals surface area (Å²) in [5.74, 6) is 0.0876. The monoisotopic (exact) mass is 313 g/mol. The van der Waals surface area contributed by atoms with Gasteiger partial charge in [-0.1, -0.05) is 6.92 Å². The Kier molecular flexibility index (Phi) is 6.22. The maximum Gasteiger partial charge on any atom is 0.214 e. The number of nitrogens with one attached hydrogen (secondary N) is 1. The SMILES string of the molecule is CC(CO)CCCNS(=O)(=O)C1CCS(=O)(=O)CC1. The van der Waals surface area contributed by atoms with Gasteiger partial charge in [0.2, 0.25) is 10.0 Å². The van der Waals surface area contributed by atoms with Gasteiger partial charge in [-0.05, 0) is 31.6 Å². The van der Waals surface area contributed by atoms with Gasteiger partial charge in [-0.25, -0.2) is 21.6 Å². The van der Waals surface area contributed by atoms with Crippen molar-refractivity contribution < 1.29 is 21.9 Å². The molecule has 0 bridgehead atoms. The molecule has 1 saturated heterocycles. The van der Waals surface area contributed by atoms with Gasteiger partial charge in [0, 0.05) is 13.2 Å². The van der Waals surface area contributed by atoms with E-state index in [4.69, 9.17) is 5.11 Å². The minimum atomic E-state index is -3.42. The Bertz CT molecular complexity index is 457. The van der Waals surface area contributed by atoms with E-state index in [-0.39, 0.29) is 36.9 Å². The van der Waals surface area contributed by atoms with Gasteiger partial charge in [-0.2, -0.15) is 0 Å². The average molecular weight is 313 g/mol. The summed E-state index contributed by atoms with van der Waals surface area (Å²) in [6.45, 7) is 2.35. The molecule has 0 aliphatic carbocycles. The average Bonchev–Trinajstić information content (AvgIpc) is 2.33. The van der Waals surface area contributed by atoms with E-state index < -0.39 is 25.1 Å². The lowest BCUT2D eigenvalue weighted by atomic mass is 10.1. The van der Waals surface area contributed by atoms with Crippen molar-refractivity contribution >= 4 is 19.9 Å². The number of hydrogen-bond acceptors (Lipinski definition) is 5. The Morgan fingerprint density at radius 3 is 2.42 bits per heavy atom. The van der Waals surface area contributed by atoms with Crippen molar-refractivity contribution in [2.45, 2.75) is 37.9 Å². The molecular weight excluding hydrogens is 290 g/mol. The van der Waals surface area contributed by atoms with Crippen LogP contribution in [-0.4, -0.2) is 51.8 Å². The number of sulfone groups is 1. The van der Waals surface area contributed by atoms with Gasteiger partial charge in [-0.3, -0.25) is 0 Å². The second-order valence-electron chi connectivity index (χ2n) is 5.22. The Labute approximate surface area is 115 Å². The molecule has 8 heteroatoms. The summed E-state index contributed by atoms with van der Waals surface area (Å²) in [5, 5.41) is 8.26. The molecule has 6 nitrogen and oxygen atoms in total. The summed E-state index contributed by atoms with van der Waals surface area (Å²) in [6.07, 6.45) is 1.81. The van der Waals surface area contributed by atoms with Crippen molar-refractivity contribution in [3.63, 3.8) is 0 Å². The predicted molar refractivity (Wildman–Crippen MR) is 74.1 cm³/mol. The molecule has 0 amide bonds. The first kappa shape index (κ1) is 16.9. The minimum absolute atomic E-state index is 0.0415. The molecule has 0 saturated carbocycles. The Balaban J connectivity index is 2.36. The molecule has 1 aliphatic rings. The van der Waals surface area contributed by atoms with Crippen LogP contribution < -0.4 is 4.72 Å². The van der Waals surface area contributed by atoms with E-state index in [9.17, 15) is 16.8 Å². The molecular formula is C11H23NO5S2. The van der Waals surface area contributed by atoms with Gasteiger partial charge >= 0.3 is 0 Å². The van der Waals surface area contributed by atoms with Gasteiger partial charge in [0.15, 0.2) is 0 Å². The standard InChI is InChI=1S/C11H23NO5S2/c1-10(9-13)3-2-6-12-19(16,17)11-4-7-18(14,15)8-5-11/h10-13H,2-9H2,1H3. The number of aliphatic hydroxyl groups excluding tert-OH is 1. The third-order valence-corrected chi connectivity index (χ3v) is 7.10. The fourth-order valence-corrected chi connectivity index (χ4v) is 5.36. The fraction of sp³-hybridized carbons (Fsp3) is 1.00. The van der Waals surface area contributed by atoms with Gasteiger partial charge in [0.05, 0.1) is 16.8 Å². The van der Waals surface area contributed by atoms with Gasteiger partial charge < -0.3 is 5.11 Å². The lowest BCUT2D eigenvalue weighted by molar-refractivity contribution is 0.228. The molecule has 0 aromatic rings. The van der Waals surface area contributed by atoms with E-state index in [2.05, 4.69) is 4.72 Å². The van der Waals surface area contributed by atoms with E-state index in [1.807, 2.05) is 6.92 Å². The Morgan fingerprint density at radius 2 is 1.89 bits per heavy atom. The summed E-state index contributed by atoms with van der Waals surface area (Å²) in [5.41, 5.74) is 0. The molecule has 0 radical (unpaired) electrons. The molecule has 2 N–H and O–H groups in total. The first-order valence-corrected chi connectivity index (χ1v) is 9.93. The molecule has 1 atom stereocenters. The third-order valence-electron chi connectivity index (χ3n) is 3.43. The maximum absolute atomic E-state index is 12.0. The van der Waals surface area contributed by atoms with Gasteiger partial charge in [0.1, 0.15) is 9.84 Å². The van der Waals surface area contributed by atoms with Crippen molar-refractivity contribution in [3.05, 3.63) is 0 Å². The van der Waals surface area contributed by atoms with Crippen molar-refractivity contribution in [1.29, 1.82) is 0 Å². The van der Waals surface area contributed by atoms with Crippen molar-refractivity contribution in [1.82, 2.24) is 4.72 Å². The van der Waals surface area contributed by atoms with Crippen LogP contribution in [0.25, 0.3) is 0 Å². The molecule has 1 aliphatic heterocycles. The smallest absolute Gasteiger partial charge is 0.214 e. The van der Waals surface area contributed by atoms with Crippen LogP contribution >= 0.6 is 0 Å². The number of aliphatic hydroxyl groups is 1. The first-order chi connectivity index (χ1) is 8.77. The molecule has 0 aromatic heterocycles. The summed E-state index contributed by atoms with van der Waals surface area (Å²) in [7, 11) is -6.45. The van der Waals surface area contributed by atoms with Crippen molar-refractivity contribution in [2.75, 3.05) is 24.7 Å². The summed E-state index contributed by atoms with van der Waals surface area (Å²) >= 11 is 0. The largest absolute Gasteiger partial charge is 0.396 e. The topological polar surface area (TPSA) is 101 Å².